The molecule has 0 fully saturated rings. The topological polar surface area (TPSA) is 108 Å². The van der Waals surface area contributed by atoms with Crippen molar-refractivity contribution in [3.8, 4) is 0 Å². The molecule has 0 rings (SSSR count). The van der Waals surface area contributed by atoms with Crippen LogP contribution in [-0.2, 0) is 18.4 Å². The van der Waals surface area contributed by atoms with Gasteiger partial charge in [0.25, 0.3) is 7.82 Å². The van der Waals surface area contributed by atoms with Crippen molar-refractivity contribution in [3.05, 3.63) is 48.6 Å². The molecule has 9 heteroatoms. The number of phosphoric acid groups is 1. The van der Waals surface area contributed by atoms with Gasteiger partial charge in [-0.2, -0.15) is 0 Å². The summed E-state index contributed by atoms with van der Waals surface area (Å²) >= 11 is 0. The molecule has 88 heavy (non-hydrogen) atoms. The van der Waals surface area contributed by atoms with E-state index in [9.17, 15) is 19.4 Å². The first-order valence-electron chi connectivity index (χ1n) is 39.0. The average molecular weight is 1260 g/mol. The van der Waals surface area contributed by atoms with Gasteiger partial charge >= 0.3 is 0 Å². The highest BCUT2D eigenvalue weighted by Crippen LogP contribution is 2.38. The molecule has 0 radical (unpaired) electrons. The summed E-state index contributed by atoms with van der Waals surface area (Å²) in [6.45, 7) is 4.68. The van der Waals surface area contributed by atoms with E-state index in [1.807, 2.05) is 27.2 Å². The van der Waals surface area contributed by atoms with Crippen LogP contribution in [0.15, 0.2) is 48.6 Å². The third kappa shape index (κ3) is 71.9. The smallest absolute Gasteiger partial charge is 0.268 e. The number of likely N-dealkylation sites (N-methyl/N-ethyl adjacent to an activating group) is 1. The van der Waals surface area contributed by atoms with Crippen LogP contribution in [-0.4, -0.2) is 68.5 Å². The molecular weight excluding hydrogens is 1100 g/mol. The van der Waals surface area contributed by atoms with Crippen molar-refractivity contribution < 1.29 is 32.9 Å². The zero-order chi connectivity index (χ0) is 64.1. The number of aliphatic hydroxyl groups is 1. The summed E-state index contributed by atoms with van der Waals surface area (Å²) < 4.78 is 23.5. The van der Waals surface area contributed by atoms with Crippen molar-refractivity contribution in [1.29, 1.82) is 0 Å². The second-order valence-corrected chi connectivity index (χ2v) is 29.5. The summed E-state index contributed by atoms with van der Waals surface area (Å²) in [5.74, 6) is -0.204. The number of allylic oxidation sites excluding steroid dienone is 7. The average Bonchev–Trinajstić information content (AvgIpc) is 3.64. The monoisotopic (exact) mass is 1260 g/mol. The Morgan fingerprint density at radius 2 is 0.636 bits per heavy atom. The minimum Gasteiger partial charge on any atom is -0.756 e. The lowest BCUT2D eigenvalue weighted by Gasteiger charge is -2.29. The van der Waals surface area contributed by atoms with E-state index in [-0.39, 0.29) is 12.5 Å². The maximum absolute atomic E-state index is 13.1. The van der Waals surface area contributed by atoms with Crippen molar-refractivity contribution in [2.24, 2.45) is 0 Å². The van der Waals surface area contributed by atoms with E-state index in [0.29, 0.717) is 17.4 Å². The van der Waals surface area contributed by atoms with Crippen LogP contribution in [0.3, 0.4) is 0 Å². The van der Waals surface area contributed by atoms with Crippen molar-refractivity contribution in [1.82, 2.24) is 5.32 Å². The number of amides is 1. The zero-order valence-electron chi connectivity index (χ0n) is 59.7. The lowest BCUT2D eigenvalue weighted by Crippen LogP contribution is -2.45. The molecule has 8 nitrogen and oxygen atoms in total. The van der Waals surface area contributed by atoms with Gasteiger partial charge in [0.05, 0.1) is 39.9 Å². The molecule has 3 unspecified atom stereocenters. The Bertz CT molecular complexity index is 1580. The summed E-state index contributed by atoms with van der Waals surface area (Å²) in [4.78, 5) is 25.7. The summed E-state index contributed by atoms with van der Waals surface area (Å²) in [7, 11) is 1.25. The predicted molar refractivity (Wildman–Crippen MR) is 385 cm³/mol. The number of carbonyl (C=O) groups is 1. The fraction of sp³-hybridized carbons (Fsp3) is 0.886. The van der Waals surface area contributed by atoms with E-state index in [1.165, 1.54) is 334 Å². The maximum Gasteiger partial charge on any atom is 0.268 e. The van der Waals surface area contributed by atoms with E-state index in [0.717, 1.165) is 44.9 Å². The van der Waals surface area contributed by atoms with E-state index in [2.05, 4.69) is 55.6 Å². The van der Waals surface area contributed by atoms with Gasteiger partial charge in [-0.15, -0.1) is 0 Å². The van der Waals surface area contributed by atoms with E-state index in [1.54, 1.807) is 6.08 Å². The van der Waals surface area contributed by atoms with Gasteiger partial charge < -0.3 is 28.8 Å². The molecule has 1 amide bonds. The highest BCUT2D eigenvalue weighted by atomic mass is 31.2. The lowest BCUT2D eigenvalue weighted by atomic mass is 10.0. The molecule has 0 aromatic heterocycles. The Morgan fingerprint density at radius 1 is 0.386 bits per heavy atom. The molecule has 520 valence electrons. The van der Waals surface area contributed by atoms with Crippen LogP contribution in [0.4, 0.5) is 0 Å². The molecule has 0 spiro atoms. The summed E-state index contributed by atoms with van der Waals surface area (Å²) in [5.41, 5.74) is 0. The van der Waals surface area contributed by atoms with Crippen LogP contribution in [0.1, 0.15) is 399 Å². The number of hydrogen-bond donors (Lipinski definition) is 2. The second-order valence-electron chi connectivity index (χ2n) is 28.0. The Morgan fingerprint density at radius 3 is 0.920 bits per heavy atom. The molecule has 2 N–H and O–H groups in total. The number of quaternary nitrogens is 1. The molecule has 0 aromatic rings. The van der Waals surface area contributed by atoms with Crippen molar-refractivity contribution in [2.75, 3.05) is 40.9 Å². The first kappa shape index (κ1) is 86.5. The Labute approximate surface area is 549 Å². The molecule has 0 saturated carbocycles. The largest absolute Gasteiger partial charge is 0.756 e. The Balaban J connectivity index is 4.02. The van der Waals surface area contributed by atoms with E-state index < -0.39 is 26.6 Å². The van der Waals surface area contributed by atoms with Crippen LogP contribution in [0.25, 0.3) is 0 Å². The number of hydrogen-bond acceptors (Lipinski definition) is 6. The predicted octanol–water partition coefficient (Wildman–Crippen LogP) is 24.7. The van der Waals surface area contributed by atoms with Crippen LogP contribution < -0.4 is 10.2 Å². The number of rotatable bonds is 73. The quantitative estimate of drug-likeness (QED) is 0.0272. The van der Waals surface area contributed by atoms with Gasteiger partial charge in [0, 0.05) is 6.42 Å². The summed E-state index contributed by atoms with van der Waals surface area (Å²) in [5, 5.41) is 14.0. The van der Waals surface area contributed by atoms with Crippen molar-refractivity contribution in [3.63, 3.8) is 0 Å². The molecule has 3 atom stereocenters. The summed E-state index contributed by atoms with van der Waals surface area (Å²) in [6, 6.07) is -0.911. The van der Waals surface area contributed by atoms with Gasteiger partial charge in [0.2, 0.25) is 5.91 Å². The number of carbonyl (C=O) groups excluding carboxylic acids is 1. The minimum absolute atomic E-state index is 0.00778. The van der Waals surface area contributed by atoms with Crippen LogP contribution in [0.5, 0.6) is 0 Å². The van der Waals surface area contributed by atoms with Gasteiger partial charge in [0.1, 0.15) is 13.2 Å². The molecule has 0 aliphatic heterocycles. The number of unbranched alkanes of at least 4 members (excludes halogenated alkanes) is 54. The van der Waals surface area contributed by atoms with Crippen LogP contribution in [0, 0.1) is 0 Å². The van der Waals surface area contributed by atoms with Gasteiger partial charge in [-0.05, 0) is 70.6 Å². The maximum atomic E-state index is 13.1. The highest BCUT2D eigenvalue weighted by molar-refractivity contribution is 7.45. The molecule has 0 bridgehead atoms. The minimum atomic E-state index is -4.62. The molecular formula is C79H153N2O6P. The highest BCUT2D eigenvalue weighted by Gasteiger charge is 2.23. The van der Waals surface area contributed by atoms with Crippen molar-refractivity contribution in [2.45, 2.75) is 411 Å². The molecule has 0 aliphatic carbocycles. The molecule has 0 aromatic carbocycles. The number of phosphoric ester groups is 1. The fourth-order valence-corrected chi connectivity index (χ4v) is 12.7. The second kappa shape index (κ2) is 69.8. The zero-order valence-corrected chi connectivity index (χ0v) is 60.6. The normalized spacial score (nSPS) is 13.8. The van der Waals surface area contributed by atoms with E-state index in [4.69, 9.17) is 9.05 Å². The van der Waals surface area contributed by atoms with Gasteiger partial charge in [-0.25, -0.2) is 0 Å². The third-order valence-electron chi connectivity index (χ3n) is 18.0. The fourth-order valence-electron chi connectivity index (χ4n) is 12.0. The van der Waals surface area contributed by atoms with Gasteiger partial charge in [0.15, 0.2) is 0 Å². The van der Waals surface area contributed by atoms with Crippen LogP contribution >= 0.6 is 7.82 Å². The summed E-state index contributed by atoms with van der Waals surface area (Å²) in [6.07, 6.45) is 95.7. The number of nitrogens with zero attached hydrogens (tertiary/aromatic N) is 1. The Kier molecular flexibility index (Phi) is 68.6. The van der Waals surface area contributed by atoms with Crippen molar-refractivity contribution >= 4 is 13.7 Å². The third-order valence-corrected chi connectivity index (χ3v) is 19.0. The lowest BCUT2D eigenvalue weighted by molar-refractivity contribution is -0.870. The molecule has 0 saturated heterocycles. The number of nitrogens with one attached hydrogen (secondary N) is 1. The van der Waals surface area contributed by atoms with Gasteiger partial charge in [-0.3, -0.25) is 9.36 Å². The number of aliphatic hydroxyl groups excluding tert-OH is 1. The first-order chi connectivity index (χ1) is 43.0. The standard InChI is InChI=1S/C79H153N2O6P/c1-6-8-10-12-14-16-18-20-22-24-26-28-30-32-34-36-38-39-40-41-43-45-47-49-51-53-55-57-59-61-63-65-67-69-71-73-79(83)80-77(76-87-88(84,85)86-75-74-81(3,4)5)78(82)72-70-68-66-64-62-60-58-56-54-52-50-48-46-44-42-37-35-33-31-29-27-25-23-21-19-17-15-13-11-9-7-2/h24,26,54,56,62,64,70,72,77-78,82H,6-23,25,27-53,55,57-61,63,65-69,71,73-76H2,1-5H3,(H-,80,83,84,85)/b26-24-,56-54+,64-62+,72-70+. The first-order valence-corrected chi connectivity index (χ1v) is 40.5. The molecule has 0 heterocycles. The molecule has 0 aliphatic rings. The SMILES string of the molecule is CCCCCCCCCC/C=C\CCCCCCCCCCCCCCCCCCCCCCCCCC(=O)NC(COP(=O)([O-])OCC[N+](C)(C)C)C(O)/C=C/CC/C=C/CC/C=C/CCCCCCCCCCCCCCCCCCCCCCC. The van der Waals surface area contributed by atoms with E-state index >= 15 is 0 Å². The Hall–Kier alpha value is -1.54. The van der Waals surface area contributed by atoms with Gasteiger partial charge in [-0.1, -0.05) is 371 Å². The van der Waals surface area contributed by atoms with Crippen LogP contribution in [0.2, 0.25) is 0 Å².